The molecule has 248 valence electrons. The standard InChI is InChI=1S/C37H43N3O6S/c1-40-21-20-38-37(40)47-25-31-22-33(28-14-12-26(24-41)13-15-28)46-36(45-31)29-18-16-27(17-19-29)32-9-7-6-8-30(32)23-39-34(42)10-4-2-3-5-11-35(43)44/h6-9,12-21,31,33,36,41H,2-5,10-11,22-25H2,1H3,(H,39,42)(H,43,44). The van der Waals surface area contributed by atoms with Crippen LogP contribution in [-0.4, -0.2) is 43.5 Å². The van der Waals surface area contributed by atoms with Gasteiger partial charge in [0.1, 0.15) is 0 Å². The fourth-order valence-electron chi connectivity index (χ4n) is 5.65. The van der Waals surface area contributed by atoms with Gasteiger partial charge in [0.15, 0.2) is 11.4 Å². The van der Waals surface area contributed by atoms with Crippen LogP contribution in [-0.2, 0) is 39.3 Å². The highest BCUT2D eigenvalue weighted by molar-refractivity contribution is 7.99. The molecule has 1 aromatic heterocycles. The number of unbranched alkanes of at least 4 members (excludes halogenated alkanes) is 3. The molecule has 3 unspecified atom stereocenters. The van der Waals surface area contributed by atoms with Crippen LogP contribution in [0.1, 0.15) is 79.6 Å². The summed E-state index contributed by atoms with van der Waals surface area (Å²) in [7, 11) is 1.98. The number of carbonyl (C=O) groups is 2. The van der Waals surface area contributed by atoms with Crippen molar-refractivity contribution in [2.75, 3.05) is 5.75 Å². The molecule has 5 rings (SSSR count). The lowest BCUT2D eigenvalue weighted by Crippen LogP contribution is -2.31. The number of benzene rings is 3. The zero-order chi connectivity index (χ0) is 33.0. The molecule has 1 fully saturated rings. The van der Waals surface area contributed by atoms with Gasteiger partial charge in [-0.25, -0.2) is 4.98 Å². The molecule has 1 aliphatic heterocycles. The van der Waals surface area contributed by atoms with Crippen molar-refractivity contribution in [3.05, 3.63) is 107 Å². The molecule has 0 spiro atoms. The van der Waals surface area contributed by atoms with Crippen LogP contribution >= 0.6 is 11.8 Å². The number of amides is 1. The monoisotopic (exact) mass is 657 g/mol. The van der Waals surface area contributed by atoms with Gasteiger partial charge in [0, 0.05) is 56.6 Å². The number of hydrogen-bond donors (Lipinski definition) is 3. The number of rotatable bonds is 16. The van der Waals surface area contributed by atoms with Crippen LogP contribution in [0.5, 0.6) is 0 Å². The highest BCUT2D eigenvalue weighted by atomic mass is 32.2. The van der Waals surface area contributed by atoms with E-state index in [1.165, 1.54) is 0 Å². The zero-order valence-electron chi connectivity index (χ0n) is 26.7. The first-order valence-electron chi connectivity index (χ1n) is 16.2. The normalized spacial score (nSPS) is 17.8. The van der Waals surface area contributed by atoms with Crippen molar-refractivity contribution in [1.82, 2.24) is 14.9 Å². The predicted octanol–water partition coefficient (Wildman–Crippen LogP) is 6.96. The Morgan fingerprint density at radius 2 is 1.66 bits per heavy atom. The van der Waals surface area contributed by atoms with Crippen molar-refractivity contribution in [1.29, 1.82) is 0 Å². The summed E-state index contributed by atoms with van der Waals surface area (Å²) in [5.74, 6) is -0.0454. The van der Waals surface area contributed by atoms with Crippen molar-refractivity contribution < 1.29 is 29.3 Å². The second-order valence-corrected chi connectivity index (χ2v) is 12.8. The van der Waals surface area contributed by atoms with Crippen LogP contribution < -0.4 is 5.32 Å². The van der Waals surface area contributed by atoms with Crippen molar-refractivity contribution >= 4 is 23.6 Å². The lowest BCUT2D eigenvalue weighted by atomic mass is 9.97. The average Bonchev–Trinajstić information content (AvgIpc) is 3.52. The Morgan fingerprint density at radius 1 is 0.936 bits per heavy atom. The molecular formula is C37H43N3O6S. The number of aliphatic hydroxyl groups excluding tert-OH is 1. The van der Waals surface area contributed by atoms with E-state index in [0.717, 1.165) is 63.6 Å². The number of aryl methyl sites for hydroxylation is 1. The smallest absolute Gasteiger partial charge is 0.303 e. The molecule has 2 heterocycles. The molecule has 1 amide bonds. The number of thioether (sulfide) groups is 1. The lowest BCUT2D eigenvalue weighted by Gasteiger charge is -2.36. The van der Waals surface area contributed by atoms with Gasteiger partial charge in [0.25, 0.3) is 0 Å². The quantitative estimate of drug-likeness (QED) is 0.0874. The minimum Gasteiger partial charge on any atom is -0.481 e. The van der Waals surface area contributed by atoms with E-state index >= 15 is 0 Å². The second-order valence-electron chi connectivity index (χ2n) is 11.8. The number of hydrogen-bond acceptors (Lipinski definition) is 7. The Bertz CT molecular complexity index is 1590. The number of imidazole rings is 1. The topological polar surface area (TPSA) is 123 Å². The number of aliphatic hydroxyl groups is 1. The highest BCUT2D eigenvalue weighted by Crippen LogP contribution is 2.40. The Kier molecular flexibility index (Phi) is 12.6. The third kappa shape index (κ3) is 10.0. The van der Waals surface area contributed by atoms with Gasteiger partial charge in [-0.15, -0.1) is 0 Å². The van der Waals surface area contributed by atoms with Gasteiger partial charge in [0.2, 0.25) is 5.91 Å². The Hall–Kier alpha value is -3.96. The molecule has 1 aliphatic rings. The van der Waals surface area contributed by atoms with Gasteiger partial charge in [-0.1, -0.05) is 97.4 Å². The fourth-order valence-corrected chi connectivity index (χ4v) is 6.60. The maximum atomic E-state index is 12.5. The van der Waals surface area contributed by atoms with Crippen molar-refractivity contribution in [2.45, 2.75) is 81.8 Å². The highest BCUT2D eigenvalue weighted by Gasteiger charge is 2.32. The van der Waals surface area contributed by atoms with Crippen LogP contribution in [0.3, 0.4) is 0 Å². The summed E-state index contributed by atoms with van der Waals surface area (Å²) < 4.78 is 15.0. The summed E-state index contributed by atoms with van der Waals surface area (Å²) in [6, 6.07) is 24.2. The van der Waals surface area contributed by atoms with E-state index in [2.05, 4.69) is 28.5 Å². The molecular weight excluding hydrogens is 614 g/mol. The van der Waals surface area contributed by atoms with E-state index in [0.29, 0.717) is 25.8 Å². The van der Waals surface area contributed by atoms with Crippen molar-refractivity contribution in [3.63, 3.8) is 0 Å². The molecule has 9 nitrogen and oxygen atoms in total. The molecule has 0 saturated carbocycles. The number of aromatic nitrogens is 2. The third-order valence-electron chi connectivity index (χ3n) is 8.32. The average molecular weight is 658 g/mol. The largest absolute Gasteiger partial charge is 0.481 e. The number of aliphatic carboxylic acids is 1. The molecule has 0 aliphatic carbocycles. The molecule has 4 aromatic rings. The predicted molar refractivity (Wildman–Crippen MR) is 181 cm³/mol. The summed E-state index contributed by atoms with van der Waals surface area (Å²) >= 11 is 1.67. The van der Waals surface area contributed by atoms with E-state index < -0.39 is 12.3 Å². The van der Waals surface area contributed by atoms with Gasteiger partial charge in [-0.2, -0.15) is 0 Å². The Morgan fingerprint density at radius 3 is 2.36 bits per heavy atom. The number of carbonyl (C=O) groups excluding carboxylic acids is 1. The summed E-state index contributed by atoms with van der Waals surface area (Å²) in [6.45, 7) is 0.427. The van der Waals surface area contributed by atoms with Gasteiger partial charge in [0.05, 0.1) is 18.8 Å². The molecule has 0 radical (unpaired) electrons. The molecule has 10 heteroatoms. The van der Waals surface area contributed by atoms with Crippen LogP contribution in [0.15, 0.2) is 90.3 Å². The first kappa shape index (κ1) is 34.4. The maximum Gasteiger partial charge on any atom is 0.303 e. The third-order valence-corrected chi connectivity index (χ3v) is 9.51. The van der Waals surface area contributed by atoms with Gasteiger partial charge in [-0.05, 0) is 40.7 Å². The molecule has 47 heavy (non-hydrogen) atoms. The summed E-state index contributed by atoms with van der Waals surface area (Å²) in [5, 5.41) is 22.2. The molecule has 3 aromatic carbocycles. The summed E-state index contributed by atoms with van der Waals surface area (Å²) in [4.78, 5) is 27.6. The van der Waals surface area contributed by atoms with E-state index in [9.17, 15) is 14.7 Å². The van der Waals surface area contributed by atoms with E-state index in [1.54, 1.807) is 18.0 Å². The number of nitrogens with zero attached hydrogens (tertiary/aromatic N) is 2. The SMILES string of the molecule is Cn1ccnc1SCC1CC(c2ccc(CO)cc2)OC(c2ccc(-c3ccccc3CNC(=O)CCCCCCC(=O)O)cc2)O1. The van der Waals surface area contributed by atoms with Crippen LogP contribution in [0.2, 0.25) is 0 Å². The van der Waals surface area contributed by atoms with Crippen LogP contribution in [0, 0.1) is 0 Å². The van der Waals surface area contributed by atoms with E-state index in [-0.39, 0.29) is 31.1 Å². The zero-order valence-corrected chi connectivity index (χ0v) is 27.5. The molecule has 3 N–H and O–H groups in total. The number of ether oxygens (including phenoxy) is 2. The second kappa shape index (κ2) is 17.3. The molecule has 0 bridgehead atoms. The minimum atomic E-state index is -0.776. The Balaban J connectivity index is 1.23. The number of nitrogens with one attached hydrogen (secondary N) is 1. The number of carboxylic acids is 1. The lowest BCUT2D eigenvalue weighted by molar-refractivity contribution is -0.245. The number of carboxylic acid groups (broad SMARTS) is 1. The van der Waals surface area contributed by atoms with Crippen molar-refractivity contribution in [2.24, 2.45) is 7.05 Å². The fraction of sp³-hybridized carbons (Fsp3) is 0.378. The Labute approximate surface area is 280 Å². The maximum absolute atomic E-state index is 12.5. The first-order valence-corrected chi connectivity index (χ1v) is 17.2. The first-order chi connectivity index (χ1) is 22.9. The van der Waals surface area contributed by atoms with Crippen LogP contribution in [0.25, 0.3) is 11.1 Å². The van der Waals surface area contributed by atoms with E-state index in [1.807, 2.05) is 72.4 Å². The summed E-state index contributed by atoms with van der Waals surface area (Å²) in [5.41, 5.74) is 5.94. The molecule has 1 saturated heterocycles. The van der Waals surface area contributed by atoms with Gasteiger partial charge in [-0.3, -0.25) is 9.59 Å². The van der Waals surface area contributed by atoms with Crippen LogP contribution in [0.4, 0.5) is 0 Å². The minimum absolute atomic E-state index is 0.000102. The van der Waals surface area contributed by atoms with E-state index in [4.69, 9.17) is 14.6 Å². The van der Waals surface area contributed by atoms with Gasteiger partial charge < -0.3 is 29.6 Å². The van der Waals surface area contributed by atoms with Crippen molar-refractivity contribution in [3.8, 4) is 11.1 Å². The summed E-state index contributed by atoms with van der Waals surface area (Å²) in [6.07, 6.45) is 7.32. The van der Waals surface area contributed by atoms with Gasteiger partial charge >= 0.3 is 5.97 Å². The molecule has 3 atom stereocenters.